The topological polar surface area (TPSA) is 59.3 Å². The van der Waals surface area contributed by atoms with Crippen LogP contribution < -0.4 is 5.32 Å². The molecule has 106 valence electrons. The number of aromatic nitrogens is 2. The second kappa shape index (κ2) is 4.84. The van der Waals surface area contributed by atoms with E-state index < -0.39 is 0 Å². The van der Waals surface area contributed by atoms with Gasteiger partial charge in [0.1, 0.15) is 12.2 Å². The highest BCUT2D eigenvalue weighted by atomic mass is 16.1. The average molecular weight is 280 g/mol. The molecule has 0 atom stereocenters. The van der Waals surface area contributed by atoms with Crippen molar-refractivity contribution in [1.82, 2.24) is 9.78 Å². The molecule has 21 heavy (non-hydrogen) atoms. The van der Waals surface area contributed by atoms with Crippen molar-refractivity contribution in [3.05, 3.63) is 41.1 Å². The second-order valence-electron chi connectivity index (χ2n) is 5.49. The molecule has 1 aliphatic carbocycles. The molecule has 4 rings (SSSR count). The summed E-state index contributed by atoms with van der Waals surface area (Å²) < 4.78 is 1.71. The van der Waals surface area contributed by atoms with Crippen molar-refractivity contribution in [1.29, 1.82) is 0 Å². The molecule has 0 saturated carbocycles. The van der Waals surface area contributed by atoms with Crippen LogP contribution >= 0.6 is 0 Å². The van der Waals surface area contributed by atoms with Crippen LogP contribution in [0, 0.1) is 0 Å². The van der Waals surface area contributed by atoms with Gasteiger partial charge in [0.2, 0.25) is 0 Å². The van der Waals surface area contributed by atoms with Crippen molar-refractivity contribution in [2.75, 3.05) is 5.32 Å². The van der Waals surface area contributed by atoms with E-state index in [1.807, 2.05) is 18.2 Å². The number of hydrogen-bond donors (Lipinski definition) is 1. The van der Waals surface area contributed by atoms with E-state index in [0.29, 0.717) is 11.3 Å². The largest absolute Gasteiger partial charge is 0.306 e. The molecule has 1 amide bonds. The minimum atomic E-state index is -0.115. The van der Waals surface area contributed by atoms with Gasteiger partial charge in [-0.25, -0.2) is 9.67 Å². The molecular weight excluding hydrogens is 264 g/mol. The molecule has 0 fully saturated rings. The first-order valence-corrected chi connectivity index (χ1v) is 7.38. The molecule has 0 radical (unpaired) electrons. The zero-order valence-electron chi connectivity index (χ0n) is 11.7. The highest BCUT2D eigenvalue weighted by Gasteiger charge is 2.23. The Kier molecular flexibility index (Phi) is 2.84. The Bertz CT molecular complexity index is 745. The van der Waals surface area contributed by atoms with E-state index in [-0.39, 0.29) is 5.91 Å². The number of benzene rings is 1. The summed E-state index contributed by atoms with van der Waals surface area (Å²) in [6, 6.07) is 7.37. The highest BCUT2D eigenvalue weighted by molar-refractivity contribution is 6.09. The first-order valence-electron chi connectivity index (χ1n) is 7.38. The normalized spacial score (nSPS) is 16.9. The van der Waals surface area contributed by atoms with E-state index in [4.69, 9.17) is 0 Å². The van der Waals surface area contributed by atoms with Crippen molar-refractivity contribution in [3.8, 4) is 0 Å². The number of carbonyl (C=O) groups excluding carboxylic acids is 1. The van der Waals surface area contributed by atoms with Gasteiger partial charge in [-0.05, 0) is 37.8 Å². The molecule has 1 aromatic heterocycles. The van der Waals surface area contributed by atoms with E-state index in [9.17, 15) is 4.79 Å². The fourth-order valence-corrected chi connectivity index (χ4v) is 3.04. The summed E-state index contributed by atoms with van der Waals surface area (Å²) >= 11 is 0. The van der Waals surface area contributed by atoms with Crippen LogP contribution in [0.5, 0.6) is 0 Å². The van der Waals surface area contributed by atoms with Crippen LogP contribution in [-0.4, -0.2) is 22.0 Å². The number of carbonyl (C=O) groups is 1. The summed E-state index contributed by atoms with van der Waals surface area (Å²) in [5.74, 6) is 0.672. The number of nitrogens with one attached hydrogen (secondary N) is 1. The van der Waals surface area contributed by atoms with Gasteiger partial charge in [-0.15, -0.1) is 0 Å². The number of para-hydroxylation sites is 1. The molecule has 1 aromatic carbocycles. The predicted octanol–water partition coefficient (Wildman–Crippen LogP) is 2.93. The smallest absolute Gasteiger partial charge is 0.259 e. The number of fused-ring (bicyclic) bond motifs is 4. The zero-order chi connectivity index (χ0) is 14.2. The summed E-state index contributed by atoms with van der Waals surface area (Å²) in [5, 5.41) is 7.64. The summed E-state index contributed by atoms with van der Waals surface area (Å²) in [7, 11) is 0. The number of aryl methyl sites for hydroxylation is 1. The lowest BCUT2D eigenvalue weighted by Crippen LogP contribution is -2.18. The van der Waals surface area contributed by atoms with Crippen LogP contribution in [0.1, 0.15) is 40.9 Å². The molecule has 2 aliphatic rings. The van der Waals surface area contributed by atoms with Gasteiger partial charge in [-0.3, -0.25) is 4.79 Å². The van der Waals surface area contributed by atoms with Crippen molar-refractivity contribution < 1.29 is 4.79 Å². The summed E-state index contributed by atoms with van der Waals surface area (Å²) in [6.07, 6.45) is 7.18. The second-order valence-corrected chi connectivity index (χ2v) is 5.49. The molecule has 0 saturated heterocycles. The Balaban J connectivity index is 1.85. The third-order valence-corrected chi connectivity index (χ3v) is 4.12. The maximum absolute atomic E-state index is 12.5. The molecule has 0 bridgehead atoms. The van der Waals surface area contributed by atoms with Crippen LogP contribution in [0.4, 0.5) is 11.5 Å². The lowest BCUT2D eigenvalue weighted by atomic mass is 10.1. The number of rotatable bonds is 0. The molecular formula is C16H16N4O. The Morgan fingerprint density at radius 2 is 1.95 bits per heavy atom. The number of nitrogens with zero attached hydrogens (tertiary/aromatic N) is 3. The third kappa shape index (κ3) is 2.05. The number of amides is 1. The number of anilines is 1. The Morgan fingerprint density at radius 3 is 2.90 bits per heavy atom. The van der Waals surface area contributed by atoms with Gasteiger partial charge in [0.25, 0.3) is 5.91 Å². The Labute approximate surface area is 122 Å². The van der Waals surface area contributed by atoms with E-state index >= 15 is 0 Å². The van der Waals surface area contributed by atoms with E-state index in [1.54, 1.807) is 17.1 Å². The molecule has 2 aromatic rings. The van der Waals surface area contributed by atoms with E-state index in [1.165, 1.54) is 12.0 Å². The monoisotopic (exact) mass is 280 g/mol. The molecule has 5 nitrogen and oxygen atoms in total. The van der Waals surface area contributed by atoms with Gasteiger partial charge < -0.3 is 5.32 Å². The van der Waals surface area contributed by atoms with E-state index in [2.05, 4.69) is 15.4 Å². The maximum atomic E-state index is 12.5. The Hall–Kier alpha value is -2.43. The fourth-order valence-electron chi connectivity index (χ4n) is 3.04. The van der Waals surface area contributed by atoms with Crippen LogP contribution in [-0.2, 0) is 12.8 Å². The van der Waals surface area contributed by atoms with Gasteiger partial charge in [0.15, 0.2) is 0 Å². The standard InChI is InChI=1S/C16H16N4O/c21-16-12-7-4-5-8-13(12)17-10-20-15(18-16)11-6-2-1-3-9-14(11)19-20/h4-5,7-8,10H,1-3,6,9H2,(H,18,21). The number of aliphatic imine (C=N–C) groups is 1. The van der Waals surface area contributed by atoms with Gasteiger partial charge in [0, 0.05) is 5.56 Å². The van der Waals surface area contributed by atoms with Gasteiger partial charge in [0.05, 0.1) is 16.9 Å². The van der Waals surface area contributed by atoms with E-state index in [0.717, 1.165) is 37.2 Å². The molecule has 1 aliphatic heterocycles. The molecule has 5 heteroatoms. The van der Waals surface area contributed by atoms with Crippen molar-refractivity contribution in [2.24, 2.45) is 4.99 Å². The first kappa shape index (κ1) is 12.3. The average Bonchev–Trinajstić information content (AvgIpc) is 2.67. The third-order valence-electron chi connectivity index (χ3n) is 4.12. The molecule has 0 spiro atoms. The highest BCUT2D eigenvalue weighted by Crippen LogP contribution is 2.29. The SMILES string of the molecule is O=C1Nc2c3c(nn2C=Nc2ccccc21)CCCCC3. The van der Waals surface area contributed by atoms with Gasteiger partial charge >= 0.3 is 0 Å². The summed E-state index contributed by atoms with van der Waals surface area (Å²) in [6.45, 7) is 0. The van der Waals surface area contributed by atoms with Crippen molar-refractivity contribution in [3.63, 3.8) is 0 Å². The van der Waals surface area contributed by atoms with Crippen molar-refractivity contribution in [2.45, 2.75) is 32.1 Å². The van der Waals surface area contributed by atoms with Crippen LogP contribution in [0.2, 0.25) is 0 Å². The number of hydrogen-bond acceptors (Lipinski definition) is 3. The lowest BCUT2D eigenvalue weighted by molar-refractivity contribution is 0.102. The predicted molar refractivity (Wildman–Crippen MR) is 81.4 cm³/mol. The Morgan fingerprint density at radius 1 is 1.10 bits per heavy atom. The molecule has 2 heterocycles. The molecule has 1 N–H and O–H groups in total. The lowest BCUT2D eigenvalue weighted by Gasteiger charge is -2.12. The van der Waals surface area contributed by atoms with Gasteiger partial charge in [-0.1, -0.05) is 18.6 Å². The molecule has 0 unspecified atom stereocenters. The van der Waals surface area contributed by atoms with Gasteiger partial charge in [-0.2, -0.15) is 5.10 Å². The minimum Gasteiger partial charge on any atom is -0.306 e. The maximum Gasteiger partial charge on any atom is 0.259 e. The van der Waals surface area contributed by atoms with Crippen LogP contribution in [0.25, 0.3) is 0 Å². The van der Waals surface area contributed by atoms with Crippen LogP contribution in [0.15, 0.2) is 29.3 Å². The minimum absolute atomic E-state index is 0.115. The first-order chi connectivity index (χ1) is 10.3. The quantitative estimate of drug-likeness (QED) is 0.754. The van der Waals surface area contributed by atoms with Crippen molar-refractivity contribution >= 4 is 23.8 Å². The summed E-state index contributed by atoms with van der Waals surface area (Å²) in [5.41, 5.74) is 3.54. The summed E-state index contributed by atoms with van der Waals surface area (Å²) in [4.78, 5) is 16.9. The zero-order valence-corrected chi connectivity index (χ0v) is 11.7. The van der Waals surface area contributed by atoms with Crippen LogP contribution in [0.3, 0.4) is 0 Å². The fraction of sp³-hybridized carbons (Fsp3) is 0.312.